The number of rotatable bonds is 8. The number of nitrogens with two attached hydrogens (primary N) is 1. The molecule has 1 amide bonds. The molecule has 0 aromatic heterocycles. The molecule has 0 saturated carbocycles. The molecule has 2 aliphatic rings. The molecule has 2 saturated heterocycles. The van der Waals surface area contributed by atoms with Crippen molar-refractivity contribution in [2.24, 2.45) is 5.73 Å². The van der Waals surface area contributed by atoms with Crippen LogP contribution in [0.25, 0.3) is 0 Å². The van der Waals surface area contributed by atoms with Gasteiger partial charge in [-0.15, -0.1) is 0 Å². The normalized spacial score (nSPS) is 26.0. The van der Waals surface area contributed by atoms with Crippen LogP contribution in [0.5, 0.6) is 0 Å². The van der Waals surface area contributed by atoms with Crippen molar-refractivity contribution in [1.82, 2.24) is 15.1 Å². The summed E-state index contributed by atoms with van der Waals surface area (Å²) in [6.07, 6.45) is 3.06. The third-order valence-corrected chi connectivity index (χ3v) is 4.53. The van der Waals surface area contributed by atoms with Gasteiger partial charge in [0.05, 0.1) is 19.3 Å². The highest BCUT2D eigenvalue weighted by Gasteiger charge is 2.29. The van der Waals surface area contributed by atoms with Crippen molar-refractivity contribution in [2.75, 3.05) is 52.5 Å². The first-order valence-corrected chi connectivity index (χ1v) is 8.27. The molecule has 0 aromatic rings. The number of hydrogen-bond donors (Lipinski definition) is 2. The minimum absolute atomic E-state index is 0.188. The lowest BCUT2D eigenvalue weighted by molar-refractivity contribution is -0.120. The third-order valence-electron chi connectivity index (χ3n) is 4.53. The molecule has 2 unspecified atom stereocenters. The molecule has 122 valence electrons. The van der Waals surface area contributed by atoms with Crippen LogP contribution >= 0.6 is 0 Å². The molecular weight excluding hydrogens is 268 g/mol. The smallest absolute Gasteiger partial charge is 0.234 e. The van der Waals surface area contributed by atoms with E-state index in [9.17, 15) is 4.79 Å². The number of ether oxygens (including phenoxy) is 1. The van der Waals surface area contributed by atoms with Gasteiger partial charge in [0.2, 0.25) is 5.91 Å². The number of carbonyl (C=O) groups excluding carboxylic acids is 1. The van der Waals surface area contributed by atoms with E-state index in [0.29, 0.717) is 6.04 Å². The zero-order chi connectivity index (χ0) is 15.1. The van der Waals surface area contributed by atoms with Crippen LogP contribution in [0.2, 0.25) is 0 Å². The number of nitrogens with zero attached hydrogens (tertiary/aromatic N) is 2. The molecule has 6 heteroatoms. The molecule has 0 aliphatic carbocycles. The number of hydrogen-bond acceptors (Lipinski definition) is 5. The largest absolute Gasteiger partial charge is 0.379 e. The molecule has 2 aliphatic heterocycles. The summed E-state index contributed by atoms with van der Waals surface area (Å²) in [5, 5.41) is 3.24. The Kier molecular flexibility index (Phi) is 6.89. The lowest BCUT2D eigenvalue weighted by Gasteiger charge is -2.32. The topological polar surface area (TPSA) is 70.8 Å². The maximum atomic E-state index is 11.4. The van der Waals surface area contributed by atoms with E-state index in [4.69, 9.17) is 10.5 Å². The summed E-state index contributed by atoms with van der Waals surface area (Å²) >= 11 is 0. The van der Waals surface area contributed by atoms with E-state index in [1.165, 1.54) is 6.42 Å². The first-order valence-electron chi connectivity index (χ1n) is 8.27. The van der Waals surface area contributed by atoms with E-state index >= 15 is 0 Å². The predicted molar refractivity (Wildman–Crippen MR) is 83.1 cm³/mol. The maximum Gasteiger partial charge on any atom is 0.234 e. The van der Waals surface area contributed by atoms with Gasteiger partial charge < -0.3 is 20.7 Å². The van der Waals surface area contributed by atoms with Crippen LogP contribution in [0, 0.1) is 0 Å². The summed E-state index contributed by atoms with van der Waals surface area (Å²) in [6, 6.07) is 0.469. The van der Waals surface area contributed by atoms with Crippen LogP contribution in [-0.2, 0) is 9.53 Å². The number of nitrogens with one attached hydrogen (secondary N) is 1. The molecule has 3 N–H and O–H groups in total. The Labute approximate surface area is 128 Å². The van der Waals surface area contributed by atoms with Gasteiger partial charge in [-0.1, -0.05) is 6.92 Å². The van der Waals surface area contributed by atoms with Crippen molar-refractivity contribution in [1.29, 1.82) is 0 Å². The zero-order valence-electron chi connectivity index (χ0n) is 13.2. The van der Waals surface area contributed by atoms with E-state index < -0.39 is 0 Å². The van der Waals surface area contributed by atoms with Crippen LogP contribution in [0.3, 0.4) is 0 Å². The van der Waals surface area contributed by atoms with E-state index in [1.807, 2.05) is 0 Å². The van der Waals surface area contributed by atoms with Gasteiger partial charge in [-0.25, -0.2) is 0 Å². The molecule has 0 spiro atoms. The number of primary amides is 1. The standard InChI is InChI=1S/C15H30N4O2/c1-2-5-17-14(15(16)20)4-7-18-6-3-13(12-18)19-8-10-21-11-9-19/h13-14,17H,2-12H2,1H3,(H2,16,20). The SMILES string of the molecule is CCCNC(CCN1CCC(N2CCOCC2)C1)C(N)=O. The van der Waals surface area contributed by atoms with Gasteiger partial charge in [0.25, 0.3) is 0 Å². The van der Waals surface area contributed by atoms with E-state index in [2.05, 4.69) is 22.0 Å². The Bertz CT molecular complexity index is 321. The molecule has 0 aromatic carbocycles. The van der Waals surface area contributed by atoms with Crippen LogP contribution in [0.1, 0.15) is 26.2 Å². The quantitative estimate of drug-likeness (QED) is 0.640. The van der Waals surface area contributed by atoms with Gasteiger partial charge in [-0.3, -0.25) is 9.69 Å². The Morgan fingerprint density at radius 1 is 1.38 bits per heavy atom. The molecule has 0 radical (unpaired) electrons. The second kappa shape index (κ2) is 8.68. The van der Waals surface area contributed by atoms with Gasteiger partial charge in [0.1, 0.15) is 0 Å². The summed E-state index contributed by atoms with van der Waals surface area (Å²) in [7, 11) is 0. The van der Waals surface area contributed by atoms with Crippen LogP contribution < -0.4 is 11.1 Å². The molecule has 21 heavy (non-hydrogen) atoms. The van der Waals surface area contributed by atoms with Gasteiger partial charge in [-0.2, -0.15) is 0 Å². The second-order valence-electron chi connectivity index (χ2n) is 6.09. The van der Waals surface area contributed by atoms with Gasteiger partial charge in [0.15, 0.2) is 0 Å². The number of likely N-dealkylation sites (tertiary alicyclic amines) is 1. The van der Waals surface area contributed by atoms with Crippen molar-refractivity contribution in [2.45, 2.75) is 38.3 Å². The van der Waals surface area contributed by atoms with Crippen LogP contribution in [0.15, 0.2) is 0 Å². The Balaban J connectivity index is 1.70. The zero-order valence-corrected chi connectivity index (χ0v) is 13.2. The third kappa shape index (κ3) is 5.21. The van der Waals surface area contributed by atoms with E-state index in [0.717, 1.165) is 65.3 Å². The number of morpholine rings is 1. The maximum absolute atomic E-state index is 11.4. The van der Waals surface area contributed by atoms with Crippen LogP contribution in [0.4, 0.5) is 0 Å². The average Bonchev–Trinajstić information content (AvgIpc) is 2.97. The fourth-order valence-electron chi connectivity index (χ4n) is 3.23. The lowest BCUT2D eigenvalue weighted by Crippen LogP contribution is -2.46. The summed E-state index contributed by atoms with van der Waals surface area (Å²) in [5.74, 6) is -0.229. The summed E-state index contributed by atoms with van der Waals surface area (Å²) in [6.45, 7) is 9.97. The molecule has 0 bridgehead atoms. The molecule has 2 rings (SSSR count). The van der Waals surface area contributed by atoms with Gasteiger partial charge >= 0.3 is 0 Å². The highest BCUT2D eigenvalue weighted by molar-refractivity contribution is 5.79. The predicted octanol–water partition coefficient (Wildman–Crippen LogP) is -0.363. The van der Waals surface area contributed by atoms with Crippen molar-refractivity contribution in [3.8, 4) is 0 Å². The van der Waals surface area contributed by atoms with Crippen molar-refractivity contribution in [3.05, 3.63) is 0 Å². The van der Waals surface area contributed by atoms with E-state index in [-0.39, 0.29) is 11.9 Å². The Morgan fingerprint density at radius 3 is 2.81 bits per heavy atom. The molecule has 2 atom stereocenters. The van der Waals surface area contributed by atoms with Gasteiger partial charge in [0, 0.05) is 32.2 Å². The summed E-state index contributed by atoms with van der Waals surface area (Å²) < 4.78 is 5.41. The van der Waals surface area contributed by atoms with Gasteiger partial charge in [-0.05, 0) is 32.4 Å². The molecule has 2 heterocycles. The first-order chi connectivity index (χ1) is 10.2. The summed E-state index contributed by atoms with van der Waals surface area (Å²) in [5.41, 5.74) is 5.46. The Hall–Kier alpha value is -0.690. The fraction of sp³-hybridized carbons (Fsp3) is 0.933. The Morgan fingerprint density at radius 2 is 2.14 bits per heavy atom. The van der Waals surface area contributed by atoms with Crippen molar-refractivity contribution >= 4 is 5.91 Å². The molecular formula is C15H30N4O2. The highest BCUT2D eigenvalue weighted by atomic mass is 16.5. The number of amides is 1. The minimum Gasteiger partial charge on any atom is -0.379 e. The number of carbonyl (C=O) groups is 1. The van der Waals surface area contributed by atoms with E-state index in [1.54, 1.807) is 0 Å². The van der Waals surface area contributed by atoms with Crippen molar-refractivity contribution in [3.63, 3.8) is 0 Å². The first kappa shape index (κ1) is 16.7. The average molecular weight is 298 g/mol. The van der Waals surface area contributed by atoms with Crippen molar-refractivity contribution < 1.29 is 9.53 Å². The second-order valence-corrected chi connectivity index (χ2v) is 6.09. The highest BCUT2D eigenvalue weighted by Crippen LogP contribution is 2.17. The molecule has 6 nitrogen and oxygen atoms in total. The van der Waals surface area contributed by atoms with Crippen LogP contribution in [-0.4, -0.2) is 80.3 Å². The monoisotopic (exact) mass is 298 g/mol. The summed E-state index contributed by atoms with van der Waals surface area (Å²) in [4.78, 5) is 16.4. The minimum atomic E-state index is -0.229. The fourth-order valence-corrected chi connectivity index (χ4v) is 3.23. The lowest BCUT2D eigenvalue weighted by atomic mass is 10.2. The molecule has 2 fully saturated rings.